The molecule has 1 aliphatic carbocycles. The van der Waals surface area contributed by atoms with Gasteiger partial charge in [0.25, 0.3) is 11.8 Å². The monoisotopic (exact) mass is 430 g/mol. The highest BCUT2D eigenvalue weighted by molar-refractivity contribution is 7.14. The van der Waals surface area contributed by atoms with Gasteiger partial charge in [-0.15, -0.1) is 11.3 Å². The van der Waals surface area contributed by atoms with E-state index in [4.69, 9.17) is 0 Å². The van der Waals surface area contributed by atoms with Crippen molar-refractivity contribution >= 4 is 23.2 Å². The van der Waals surface area contributed by atoms with E-state index in [9.17, 15) is 9.59 Å². The second-order valence-corrected chi connectivity index (χ2v) is 9.71. The van der Waals surface area contributed by atoms with Crippen LogP contribution in [0.4, 0.5) is 0 Å². The first-order chi connectivity index (χ1) is 15.0. The number of aryl methyl sites for hydroxylation is 2. The standard InChI is InChI=1S/C26H26N2O2S/c1-16-5-3-7-18(11-16)24-21(9-10-31-24)26(30)28-15-20-13-22(20)23(28)14-27-25(29)19-8-4-6-17(2)12-19/h3-12,20,22-23H,13-15H2,1-2H3,(H,27,29)/t20?,22-,23+/m0/s1. The molecule has 1 unspecified atom stereocenters. The molecule has 2 heterocycles. The summed E-state index contributed by atoms with van der Waals surface area (Å²) in [5.74, 6) is 1.09. The fourth-order valence-corrected chi connectivity index (χ4v) is 5.68. The molecule has 2 aliphatic rings. The van der Waals surface area contributed by atoms with Crippen LogP contribution in [-0.2, 0) is 0 Å². The molecule has 1 saturated carbocycles. The summed E-state index contributed by atoms with van der Waals surface area (Å²) in [5.41, 5.74) is 4.78. The zero-order chi connectivity index (χ0) is 21.5. The van der Waals surface area contributed by atoms with Gasteiger partial charge in [-0.1, -0.05) is 47.5 Å². The number of hydrogen-bond donors (Lipinski definition) is 1. The molecule has 2 fully saturated rings. The molecule has 1 aromatic heterocycles. The van der Waals surface area contributed by atoms with E-state index in [0.29, 0.717) is 23.9 Å². The van der Waals surface area contributed by atoms with Crippen LogP contribution in [-0.4, -0.2) is 35.8 Å². The van der Waals surface area contributed by atoms with Gasteiger partial charge < -0.3 is 10.2 Å². The Morgan fingerprint density at radius 2 is 1.84 bits per heavy atom. The van der Waals surface area contributed by atoms with Crippen molar-refractivity contribution in [1.29, 1.82) is 0 Å². The molecular weight excluding hydrogens is 404 g/mol. The van der Waals surface area contributed by atoms with Crippen LogP contribution in [0.5, 0.6) is 0 Å². The maximum atomic E-state index is 13.5. The second-order valence-electron chi connectivity index (χ2n) is 8.80. The highest BCUT2D eigenvalue weighted by Crippen LogP contribution is 2.50. The molecule has 3 aromatic rings. The van der Waals surface area contributed by atoms with Gasteiger partial charge in [0.1, 0.15) is 0 Å². The molecule has 1 aliphatic heterocycles. The predicted molar refractivity (Wildman–Crippen MR) is 124 cm³/mol. The van der Waals surface area contributed by atoms with Gasteiger partial charge in [-0.3, -0.25) is 9.59 Å². The summed E-state index contributed by atoms with van der Waals surface area (Å²) >= 11 is 1.61. The van der Waals surface area contributed by atoms with Crippen molar-refractivity contribution in [2.24, 2.45) is 11.8 Å². The van der Waals surface area contributed by atoms with E-state index in [0.717, 1.165) is 34.5 Å². The SMILES string of the molecule is Cc1cccc(C(=O)NC[C@@H]2[C@H]3CC3CN2C(=O)c2ccsc2-c2cccc(C)c2)c1. The molecule has 2 amide bonds. The van der Waals surface area contributed by atoms with Crippen LogP contribution in [0.15, 0.2) is 60.0 Å². The molecular formula is C26H26N2O2S. The average molecular weight is 431 g/mol. The predicted octanol–water partition coefficient (Wildman–Crippen LogP) is 4.92. The number of amides is 2. The summed E-state index contributed by atoms with van der Waals surface area (Å²) in [7, 11) is 0. The third kappa shape index (κ3) is 3.90. The Morgan fingerprint density at radius 1 is 1.06 bits per heavy atom. The first-order valence-electron chi connectivity index (χ1n) is 10.8. The summed E-state index contributed by atoms with van der Waals surface area (Å²) in [6.07, 6.45) is 1.16. The third-order valence-corrected chi connectivity index (χ3v) is 7.46. The molecule has 2 aromatic carbocycles. The Morgan fingerprint density at radius 3 is 2.61 bits per heavy atom. The molecule has 158 valence electrons. The van der Waals surface area contributed by atoms with Gasteiger partial charge in [-0.2, -0.15) is 0 Å². The Balaban J connectivity index is 1.33. The molecule has 0 spiro atoms. The highest BCUT2D eigenvalue weighted by atomic mass is 32.1. The van der Waals surface area contributed by atoms with E-state index in [-0.39, 0.29) is 17.9 Å². The normalized spacial score (nSPS) is 21.6. The van der Waals surface area contributed by atoms with Gasteiger partial charge in [-0.25, -0.2) is 0 Å². The zero-order valence-corrected chi connectivity index (χ0v) is 18.6. The molecule has 4 nitrogen and oxygen atoms in total. The van der Waals surface area contributed by atoms with Crippen LogP contribution in [0.1, 0.15) is 38.3 Å². The van der Waals surface area contributed by atoms with E-state index in [1.165, 1.54) is 5.56 Å². The van der Waals surface area contributed by atoms with Gasteiger partial charge in [0.05, 0.1) is 11.6 Å². The van der Waals surface area contributed by atoms with Gasteiger partial charge >= 0.3 is 0 Å². The van der Waals surface area contributed by atoms with Crippen molar-refractivity contribution in [3.05, 3.63) is 82.2 Å². The number of fused-ring (bicyclic) bond motifs is 1. The lowest BCUT2D eigenvalue weighted by Crippen LogP contribution is -2.45. The Labute approximate surface area is 186 Å². The van der Waals surface area contributed by atoms with Crippen LogP contribution in [0.25, 0.3) is 10.4 Å². The van der Waals surface area contributed by atoms with Gasteiger partial charge in [0.15, 0.2) is 0 Å². The smallest absolute Gasteiger partial charge is 0.255 e. The second kappa shape index (κ2) is 7.97. The minimum Gasteiger partial charge on any atom is -0.350 e. The van der Waals surface area contributed by atoms with Crippen LogP contribution in [0, 0.1) is 25.7 Å². The topological polar surface area (TPSA) is 49.4 Å². The molecule has 5 rings (SSSR count). The first kappa shape index (κ1) is 20.0. The molecule has 0 bridgehead atoms. The van der Waals surface area contributed by atoms with Gasteiger partial charge in [-0.05, 0) is 61.2 Å². The fraction of sp³-hybridized carbons (Fsp3) is 0.308. The quantitative estimate of drug-likeness (QED) is 0.624. The van der Waals surface area contributed by atoms with E-state index in [1.807, 2.05) is 53.6 Å². The lowest BCUT2D eigenvalue weighted by molar-refractivity contribution is 0.0696. The molecule has 31 heavy (non-hydrogen) atoms. The minimum absolute atomic E-state index is 0.0662. The van der Waals surface area contributed by atoms with E-state index in [2.05, 4.69) is 30.4 Å². The van der Waals surface area contributed by atoms with Crippen LogP contribution < -0.4 is 5.32 Å². The number of hydrogen-bond acceptors (Lipinski definition) is 3. The largest absolute Gasteiger partial charge is 0.350 e. The maximum absolute atomic E-state index is 13.5. The molecule has 1 N–H and O–H groups in total. The maximum Gasteiger partial charge on any atom is 0.255 e. The van der Waals surface area contributed by atoms with Crippen molar-refractivity contribution in [3.8, 4) is 10.4 Å². The molecule has 3 atom stereocenters. The summed E-state index contributed by atoms with van der Waals surface area (Å²) in [5, 5.41) is 5.08. The molecule has 5 heteroatoms. The lowest BCUT2D eigenvalue weighted by atomic mass is 10.1. The van der Waals surface area contributed by atoms with E-state index in [1.54, 1.807) is 11.3 Å². The minimum atomic E-state index is -0.0730. The van der Waals surface area contributed by atoms with Crippen LogP contribution in [0.2, 0.25) is 0 Å². The number of nitrogens with one attached hydrogen (secondary N) is 1. The summed E-state index contributed by atoms with van der Waals surface area (Å²) in [6, 6.07) is 17.9. The number of carbonyl (C=O) groups excluding carboxylic acids is 2. The lowest BCUT2D eigenvalue weighted by Gasteiger charge is -2.28. The number of nitrogens with zero attached hydrogens (tertiary/aromatic N) is 1. The number of piperidine rings is 1. The molecule has 0 radical (unpaired) electrons. The first-order valence-corrected chi connectivity index (χ1v) is 11.7. The van der Waals surface area contributed by atoms with Crippen molar-refractivity contribution in [2.75, 3.05) is 13.1 Å². The number of likely N-dealkylation sites (tertiary alicyclic amines) is 1. The Hall–Kier alpha value is -2.92. The van der Waals surface area contributed by atoms with Crippen LogP contribution in [0.3, 0.4) is 0 Å². The van der Waals surface area contributed by atoms with Crippen molar-refractivity contribution in [2.45, 2.75) is 26.3 Å². The summed E-state index contributed by atoms with van der Waals surface area (Å²) < 4.78 is 0. The summed E-state index contributed by atoms with van der Waals surface area (Å²) in [4.78, 5) is 29.2. The molecule has 1 saturated heterocycles. The Kier molecular flexibility index (Phi) is 5.14. The van der Waals surface area contributed by atoms with Crippen LogP contribution >= 0.6 is 11.3 Å². The number of thiophene rings is 1. The van der Waals surface area contributed by atoms with Gasteiger partial charge in [0.2, 0.25) is 0 Å². The fourth-order valence-electron chi connectivity index (χ4n) is 4.79. The Bertz CT molecular complexity index is 1150. The van der Waals surface area contributed by atoms with Crippen molar-refractivity contribution < 1.29 is 9.59 Å². The van der Waals surface area contributed by atoms with E-state index < -0.39 is 0 Å². The van der Waals surface area contributed by atoms with E-state index >= 15 is 0 Å². The third-order valence-electron chi connectivity index (χ3n) is 6.49. The number of carbonyl (C=O) groups is 2. The van der Waals surface area contributed by atoms with Crippen molar-refractivity contribution in [3.63, 3.8) is 0 Å². The highest BCUT2D eigenvalue weighted by Gasteiger charge is 2.54. The number of rotatable bonds is 5. The van der Waals surface area contributed by atoms with Crippen molar-refractivity contribution in [1.82, 2.24) is 10.2 Å². The average Bonchev–Trinajstić information content (AvgIpc) is 3.20. The summed E-state index contributed by atoms with van der Waals surface area (Å²) in [6.45, 7) is 5.34. The van der Waals surface area contributed by atoms with Gasteiger partial charge in [0, 0.05) is 23.5 Å². The zero-order valence-electron chi connectivity index (χ0n) is 17.8. The number of benzene rings is 2.